The predicted octanol–water partition coefficient (Wildman–Crippen LogP) is 5.55. The van der Waals surface area contributed by atoms with E-state index in [4.69, 9.17) is 14.2 Å². The minimum absolute atomic E-state index is 0.00802. The lowest BCUT2D eigenvalue weighted by Crippen LogP contribution is -2.53. The molecule has 6 rings (SSSR count). The molecule has 2 amide bonds. The minimum atomic E-state index is -0.600. The third-order valence-electron chi connectivity index (χ3n) is 8.44. The van der Waals surface area contributed by atoms with Gasteiger partial charge in [-0.2, -0.15) is 0 Å². The van der Waals surface area contributed by atoms with Crippen LogP contribution in [-0.2, 0) is 4.79 Å². The van der Waals surface area contributed by atoms with Crippen LogP contribution in [0.25, 0.3) is 0 Å². The van der Waals surface area contributed by atoms with Gasteiger partial charge in [0.1, 0.15) is 17.2 Å². The number of amides is 2. The van der Waals surface area contributed by atoms with E-state index in [1.807, 2.05) is 102 Å². The Morgan fingerprint density at radius 2 is 1.16 bits per heavy atom. The third kappa shape index (κ3) is 5.36. The summed E-state index contributed by atoms with van der Waals surface area (Å²) < 4.78 is 16.1. The molecule has 8 nitrogen and oxygen atoms in total. The number of fused-ring (bicyclic) bond motifs is 1. The monoisotopic (exact) mass is 577 g/mol. The zero-order chi connectivity index (χ0) is 29.9. The summed E-state index contributed by atoms with van der Waals surface area (Å²) in [5.41, 5.74) is 3.94. The fourth-order valence-corrected chi connectivity index (χ4v) is 6.14. The van der Waals surface area contributed by atoms with Crippen LogP contribution in [-0.4, -0.2) is 64.2 Å². The van der Waals surface area contributed by atoms with Gasteiger partial charge in [0.2, 0.25) is 5.91 Å². The second-order valence-corrected chi connectivity index (χ2v) is 10.7. The molecule has 0 spiro atoms. The predicted molar refractivity (Wildman–Crippen MR) is 167 cm³/mol. The molecule has 0 bridgehead atoms. The van der Waals surface area contributed by atoms with E-state index in [2.05, 4.69) is 4.90 Å². The highest BCUT2D eigenvalue weighted by Gasteiger charge is 2.46. The maximum Gasteiger partial charge on any atom is 0.259 e. The first-order chi connectivity index (χ1) is 21.0. The van der Waals surface area contributed by atoms with Gasteiger partial charge in [0, 0.05) is 43.1 Å². The summed E-state index contributed by atoms with van der Waals surface area (Å²) in [4.78, 5) is 34.8. The normalized spacial score (nSPS) is 18.2. The Morgan fingerprint density at radius 1 is 0.651 bits per heavy atom. The van der Waals surface area contributed by atoms with Gasteiger partial charge in [0.15, 0.2) is 0 Å². The molecule has 2 aliphatic rings. The van der Waals surface area contributed by atoms with Crippen molar-refractivity contribution in [3.63, 3.8) is 0 Å². The molecule has 0 N–H and O–H groups in total. The van der Waals surface area contributed by atoms with Crippen molar-refractivity contribution in [1.82, 2.24) is 4.90 Å². The van der Waals surface area contributed by atoms with Crippen LogP contribution < -0.4 is 24.0 Å². The summed E-state index contributed by atoms with van der Waals surface area (Å²) in [6.07, 6.45) is 0. The van der Waals surface area contributed by atoms with Gasteiger partial charge >= 0.3 is 0 Å². The molecule has 1 fully saturated rings. The number of carbonyl (C=O) groups is 2. The van der Waals surface area contributed by atoms with E-state index >= 15 is 0 Å². The van der Waals surface area contributed by atoms with Crippen LogP contribution in [0.5, 0.6) is 17.2 Å². The first kappa shape index (κ1) is 28.2. The molecule has 1 saturated heterocycles. The third-order valence-corrected chi connectivity index (χ3v) is 8.44. The molecule has 2 heterocycles. The summed E-state index contributed by atoms with van der Waals surface area (Å²) in [6.45, 7) is 2.58. The Kier molecular flexibility index (Phi) is 7.92. The second-order valence-electron chi connectivity index (χ2n) is 10.7. The fourth-order valence-electron chi connectivity index (χ4n) is 6.14. The van der Waals surface area contributed by atoms with Crippen molar-refractivity contribution < 1.29 is 23.8 Å². The topological polar surface area (TPSA) is 71.6 Å². The fraction of sp³-hybridized carbons (Fsp3) is 0.257. The van der Waals surface area contributed by atoms with Crippen molar-refractivity contribution in [2.45, 2.75) is 12.0 Å². The van der Waals surface area contributed by atoms with E-state index in [0.29, 0.717) is 48.9 Å². The highest BCUT2D eigenvalue weighted by Crippen LogP contribution is 2.46. The summed E-state index contributed by atoms with van der Waals surface area (Å²) >= 11 is 0. The smallest absolute Gasteiger partial charge is 0.259 e. The van der Waals surface area contributed by atoms with Gasteiger partial charge in [-0.25, -0.2) is 0 Å². The van der Waals surface area contributed by atoms with Crippen molar-refractivity contribution in [2.75, 3.05) is 57.3 Å². The molecule has 2 atom stereocenters. The SMILES string of the molecule is COc1ccc([C@@H]2[C@@H](C(=O)N3CCN(c4ccc(OC)cc4)CC3)c3ccccc3C(=O)N2c2ccc(OC)cc2)cc1. The number of piperazine rings is 1. The Labute approximate surface area is 252 Å². The van der Waals surface area contributed by atoms with Crippen LogP contribution in [0.2, 0.25) is 0 Å². The van der Waals surface area contributed by atoms with Crippen LogP contribution >= 0.6 is 0 Å². The molecule has 0 aromatic heterocycles. The van der Waals surface area contributed by atoms with Gasteiger partial charge in [0.25, 0.3) is 5.91 Å². The summed E-state index contributed by atoms with van der Waals surface area (Å²) in [5, 5.41) is 0. The van der Waals surface area contributed by atoms with Crippen LogP contribution in [0.15, 0.2) is 97.1 Å². The average molecular weight is 578 g/mol. The summed E-state index contributed by atoms with van der Waals surface area (Å²) in [5.74, 6) is 1.48. The van der Waals surface area contributed by atoms with Gasteiger partial charge in [0.05, 0.1) is 33.3 Å². The molecule has 220 valence electrons. The molecule has 2 aliphatic heterocycles. The van der Waals surface area contributed by atoms with Crippen LogP contribution in [0.1, 0.15) is 33.4 Å². The van der Waals surface area contributed by atoms with Crippen molar-refractivity contribution in [3.8, 4) is 17.2 Å². The van der Waals surface area contributed by atoms with E-state index in [1.54, 1.807) is 26.2 Å². The molecule has 0 unspecified atom stereocenters. The quantitative estimate of drug-likeness (QED) is 0.287. The van der Waals surface area contributed by atoms with Gasteiger partial charge in [-0.15, -0.1) is 0 Å². The highest BCUT2D eigenvalue weighted by molar-refractivity contribution is 6.11. The van der Waals surface area contributed by atoms with Gasteiger partial charge in [-0.05, 0) is 77.9 Å². The minimum Gasteiger partial charge on any atom is -0.497 e. The highest BCUT2D eigenvalue weighted by atomic mass is 16.5. The maximum absolute atomic E-state index is 14.6. The van der Waals surface area contributed by atoms with Crippen molar-refractivity contribution in [3.05, 3.63) is 114 Å². The van der Waals surface area contributed by atoms with Crippen LogP contribution in [0.4, 0.5) is 11.4 Å². The Bertz CT molecular complexity index is 1580. The molecular formula is C35H35N3O5. The van der Waals surface area contributed by atoms with E-state index in [9.17, 15) is 9.59 Å². The molecular weight excluding hydrogens is 542 g/mol. The second kappa shape index (κ2) is 12.1. The number of carbonyl (C=O) groups excluding carboxylic acids is 2. The number of anilines is 2. The number of methoxy groups -OCH3 is 3. The molecule has 4 aromatic carbocycles. The zero-order valence-electron chi connectivity index (χ0n) is 24.6. The Morgan fingerprint density at radius 3 is 1.72 bits per heavy atom. The van der Waals surface area contributed by atoms with E-state index < -0.39 is 12.0 Å². The molecule has 0 aliphatic carbocycles. The lowest BCUT2D eigenvalue weighted by molar-refractivity contribution is -0.133. The van der Waals surface area contributed by atoms with Crippen LogP contribution in [0.3, 0.4) is 0 Å². The number of benzene rings is 4. The lowest BCUT2D eigenvalue weighted by Gasteiger charge is -2.44. The number of ether oxygens (including phenoxy) is 3. The number of hydrogen-bond acceptors (Lipinski definition) is 6. The molecule has 4 aromatic rings. The van der Waals surface area contributed by atoms with Crippen molar-refractivity contribution >= 4 is 23.2 Å². The zero-order valence-corrected chi connectivity index (χ0v) is 24.6. The van der Waals surface area contributed by atoms with Gasteiger partial charge in [-0.1, -0.05) is 30.3 Å². The molecule has 43 heavy (non-hydrogen) atoms. The number of hydrogen-bond donors (Lipinski definition) is 0. The standard InChI is InChI=1S/C35H35N3O5/c1-41-27-14-8-24(9-15-27)33-32(35(40)37-22-20-36(21-23-37)25-10-16-28(42-2)17-11-25)30-6-4-5-7-31(30)34(39)38(33)26-12-18-29(43-3)19-13-26/h4-19,32-33H,20-23H2,1-3H3/t32-,33+/m0/s1. The van der Waals surface area contributed by atoms with E-state index in [-0.39, 0.29) is 11.8 Å². The summed E-state index contributed by atoms with van der Waals surface area (Å²) in [7, 11) is 4.89. The van der Waals surface area contributed by atoms with Crippen molar-refractivity contribution in [2.24, 2.45) is 0 Å². The Balaban J connectivity index is 1.38. The molecule has 0 saturated carbocycles. The number of nitrogens with zero attached hydrogens (tertiary/aromatic N) is 3. The van der Waals surface area contributed by atoms with Crippen molar-refractivity contribution in [1.29, 1.82) is 0 Å². The van der Waals surface area contributed by atoms with Gasteiger partial charge < -0.3 is 24.0 Å². The summed E-state index contributed by atoms with van der Waals surface area (Å²) in [6, 6.07) is 30.0. The van der Waals surface area contributed by atoms with Gasteiger partial charge in [-0.3, -0.25) is 14.5 Å². The first-order valence-corrected chi connectivity index (χ1v) is 14.4. The largest absolute Gasteiger partial charge is 0.497 e. The molecule has 0 radical (unpaired) electrons. The maximum atomic E-state index is 14.6. The number of rotatable bonds is 7. The van der Waals surface area contributed by atoms with Crippen LogP contribution in [0, 0.1) is 0 Å². The van der Waals surface area contributed by atoms with E-state index in [1.165, 1.54) is 0 Å². The Hall–Kier alpha value is -4.98. The molecule has 8 heteroatoms. The first-order valence-electron chi connectivity index (χ1n) is 14.4. The van der Waals surface area contributed by atoms with E-state index in [0.717, 1.165) is 22.6 Å². The lowest BCUT2D eigenvalue weighted by atomic mass is 9.78. The average Bonchev–Trinajstić information content (AvgIpc) is 3.08.